The quantitative estimate of drug-likeness (QED) is 0.648. The molecule has 0 spiro atoms. The SMILES string of the molecule is Cc1cn[nH]c1CNC(=O)Nc1ccc([C@@H](C)c2scnc2C)cc1. The zero-order valence-electron chi connectivity index (χ0n) is 14.5. The zero-order valence-corrected chi connectivity index (χ0v) is 15.3. The van der Waals surface area contributed by atoms with Gasteiger partial charge in [-0.2, -0.15) is 5.10 Å². The number of rotatable bonds is 5. The molecule has 0 aliphatic carbocycles. The van der Waals surface area contributed by atoms with E-state index in [2.05, 4.69) is 32.7 Å². The van der Waals surface area contributed by atoms with Crippen LogP contribution in [0.4, 0.5) is 10.5 Å². The molecule has 0 aliphatic heterocycles. The average molecular weight is 355 g/mol. The summed E-state index contributed by atoms with van der Waals surface area (Å²) in [7, 11) is 0. The fraction of sp³-hybridized carbons (Fsp3) is 0.278. The number of amides is 2. The second-order valence-electron chi connectivity index (χ2n) is 5.98. The Hall–Kier alpha value is -2.67. The summed E-state index contributed by atoms with van der Waals surface area (Å²) in [5.74, 6) is 0.290. The highest BCUT2D eigenvalue weighted by Gasteiger charge is 2.13. The van der Waals surface area contributed by atoms with Crippen LogP contribution in [0, 0.1) is 13.8 Å². The predicted molar refractivity (Wildman–Crippen MR) is 100.0 cm³/mol. The molecule has 0 saturated carbocycles. The van der Waals surface area contributed by atoms with Crippen molar-refractivity contribution in [2.24, 2.45) is 0 Å². The first-order valence-electron chi connectivity index (χ1n) is 8.08. The zero-order chi connectivity index (χ0) is 17.8. The lowest BCUT2D eigenvalue weighted by Crippen LogP contribution is -2.28. The van der Waals surface area contributed by atoms with Gasteiger partial charge >= 0.3 is 6.03 Å². The fourth-order valence-electron chi connectivity index (χ4n) is 2.63. The van der Waals surface area contributed by atoms with Crippen molar-refractivity contribution in [2.45, 2.75) is 33.2 Å². The van der Waals surface area contributed by atoms with Crippen molar-refractivity contribution in [3.8, 4) is 0 Å². The average Bonchev–Trinajstić information content (AvgIpc) is 3.21. The van der Waals surface area contributed by atoms with E-state index in [1.54, 1.807) is 17.5 Å². The highest BCUT2D eigenvalue weighted by atomic mass is 32.1. The van der Waals surface area contributed by atoms with Gasteiger partial charge in [0.05, 0.1) is 29.6 Å². The lowest BCUT2D eigenvalue weighted by Gasteiger charge is -2.12. The Morgan fingerprint density at radius 1 is 1.28 bits per heavy atom. The maximum absolute atomic E-state index is 12.0. The van der Waals surface area contributed by atoms with Gasteiger partial charge in [-0.3, -0.25) is 5.10 Å². The number of aromatic nitrogens is 3. The maximum atomic E-state index is 12.0. The Morgan fingerprint density at radius 3 is 2.64 bits per heavy atom. The number of thiazole rings is 1. The summed E-state index contributed by atoms with van der Waals surface area (Å²) in [6, 6.07) is 7.68. The van der Waals surface area contributed by atoms with Gasteiger partial charge in [-0.1, -0.05) is 19.1 Å². The molecule has 0 radical (unpaired) electrons. The van der Waals surface area contributed by atoms with Gasteiger partial charge in [0.1, 0.15) is 0 Å². The number of aryl methyl sites for hydroxylation is 2. The molecule has 7 heteroatoms. The number of carbonyl (C=O) groups excluding carboxylic acids is 1. The minimum atomic E-state index is -0.243. The van der Waals surface area contributed by atoms with Crippen molar-refractivity contribution < 1.29 is 4.79 Å². The van der Waals surface area contributed by atoms with Crippen LogP contribution in [0.15, 0.2) is 36.0 Å². The molecular formula is C18H21N5OS. The van der Waals surface area contributed by atoms with E-state index >= 15 is 0 Å². The molecule has 25 heavy (non-hydrogen) atoms. The number of urea groups is 1. The Labute approximate surface area is 150 Å². The summed E-state index contributed by atoms with van der Waals surface area (Å²) < 4.78 is 0. The number of hydrogen-bond donors (Lipinski definition) is 3. The first-order chi connectivity index (χ1) is 12.0. The standard InChI is InChI=1S/C18H21N5OS/c1-11-8-21-23-16(11)9-19-18(24)22-15-6-4-14(5-7-15)12(2)17-13(3)20-10-25-17/h4-8,10,12H,9H2,1-3H3,(H,21,23)(H2,19,22,24)/t12-/m1/s1. The molecule has 6 nitrogen and oxygen atoms in total. The van der Waals surface area contributed by atoms with Crippen LogP contribution in [0.2, 0.25) is 0 Å². The van der Waals surface area contributed by atoms with Crippen LogP contribution in [-0.2, 0) is 6.54 Å². The number of carbonyl (C=O) groups is 1. The van der Waals surface area contributed by atoms with Crippen LogP contribution in [0.25, 0.3) is 0 Å². The van der Waals surface area contributed by atoms with Gasteiger partial charge in [0.25, 0.3) is 0 Å². The fourth-order valence-corrected chi connectivity index (χ4v) is 3.52. The summed E-state index contributed by atoms with van der Waals surface area (Å²) in [6.07, 6.45) is 1.74. The molecule has 3 N–H and O–H groups in total. The van der Waals surface area contributed by atoms with Crippen LogP contribution in [0.5, 0.6) is 0 Å². The van der Waals surface area contributed by atoms with E-state index in [4.69, 9.17) is 0 Å². The third-order valence-corrected chi connectivity index (χ3v) is 5.32. The van der Waals surface area contributed by atoms with E-state index in [1.165, 1.54) is 10.4 Å². The molecule has 2 amide bonds. The first-order valence-corrected chi connectivity index (χ1v) is 8.96. The summed E-state index contributed by atoms with van der Waals surface area (Å²) in [4.78, 5) is 17.6. The van der Waals surface area contributed by atoms with Gasteiger partial charge in [-0.15, -0.1) is 11.3 Å². The Balaban J connectivity index is 1.58. The molecular weight excluding hydrogens is 334 g/mol. The molecule has 130 valence electrons. The van der Waals surface area contributed by atoms with Crippen molar-refractivity contribution in [1.29, 1.82) is 0 Å². The monoisotopic (exact) mass is 355 g/mol. The summed E-state index contributed by atoms with van der Waals surface area (Å²) in [5, 5.41) is 12.5. The summed E-state index contributed by atoms with van der Waals surface area (Å²) in [5.41, 5.74) is 6.84. The van der Waals surface area contributed by atoms with E-state index in [9.17, 15) is 4.79 Å². The Bertz CT molecular complexity index is 852. The van der Waals surface area contributed by atoms with Gasteiger partial charge in [-0.05, 0) is 37.1 Å². The number of aromatic amines is 1. The number of nitrogens with one attached hydrogen (secondary N) is 3. The predicted octanol–water partition coefficient (Wildman–Crippen LogP) is 3.96. The second-order valence-corrected chi connectivity index (χ2v) is 6.87. The molecule has 0 saturated heterocycles. The minimum Gasteiger partial charge on any atom is -0.332 e. The Kier molecular flexibility index (Phi) is 5.14. The van der Waals surface area contributed by atoms with Gasteiger partial charge in [0.2, 0.25) is 0 Å². The van der Waals surface area contributed by atoms with Crippen LogP contribution >= 0.6 is 11.3 Å². The topological polar surface area (TPSA) is 82.7 Å². The lowest BCUT2D eigenvalue weighted by atomic mass is 9.98. The van der Waals surface area contributed by atoms with Gasteiger partial charge in [0, 0.05) is 16.5 Å². The van der Waals surface area contributed by atoms with Crippen molar-refractivity contribution in [3.63, 3.8) is 0 Å². The molecule has 3 rings (SSSR count). The van der Waals surface area contributed by atoms with E-state index in [1.807, 2.05) is 43.6 Å². The van der Waals surface area contributed by atoms with Crippen LogP contribution in [0.3, 0.4) is 0 Å². The third kappa shape index (κ3) is 4.06. The molecule has 0 bridgehead atoms. The smallest absolute Gasteiger partial charge is 0.319 e. The van der Waals surface area contributed by atoms with Crippen LogP contribution in [-0.4, -0.2) is 21.2 Å². The number of anilines is 1. The maximum Gasteiger partial charge on any atom is 0.319 e. The van der Waals surface area contributed by atoms with E-state index in [0.29, 0.717) is 12.5 Å². The van der Waals surface area contributed by atoms with E-state index < -0.39 is 0 Å². The molecule has 0 unspecified atom stereocenters. The largest absolute Gasteiger partial charge is 0.332 e. The minimum absolute atomic E-state index is 0.243. The van der Waals surface area contributed by atoms with Crippen LogP contribution in [0.1, 0.15) is 40.2 Å². The molecule has 3 aromatic rings. The number of benzene rings is 1. The van der Waals surface area contributed by atoms with Crippen molar-refractivity contribution in [2.75, 3.05) is 5.32 Å². The summed E-state index contributed by atoms with van der Waals surface area (Å²) >= 11 is 1.67. The molecule has 0 fully saturated rings. The Morgan fingerprint density at radius 2 is 2.04 bits per heavy atom. The first kappa shape index (κ1) is 17.2. The highest BCUT2D eigenvalue weighted by Crippen LogP contribution is 2.30. The normalized spacial score (nSPS) is 12.0. The number of hydrogen-bond acceptors (Lipinski definition) is 4. The second kappa shape index (κ2) is 7.48. The van der Waals surface area contributed by atoms with Crippen molar-refractivity contribution in [3.05, 3.63) is 63.4 Å². The molecule has 2 heterocycles. The van der Waals surface area contributed by atoms with E-state index in [0.717, 1.165) is 22.6 Å². The molecule has 1 atom stereocenters. The van der Waals surface area contributed by atoms with E-state index in [-0.39, 0.29) is 6.03 Å². The highest BCUT2D eigenvalue weighted by molar-refractivity contribution is 7.09. The molecule has 1 aromatic carbocycles. The molecule has 2 aromatic heterocycles. The summed E-state index contributed by atoms with van der Waals surface area (Å²) in [6.45, 7) is 6.56. The van der Waals surface area contributed by atoms with Crippen LogP contribution < -0.4 is 10.6 Å². The molecule has 0 aliphatic rings. The number of nitrogens with zero attached hydrogens (tertiary/aromatic N) is 2. The number of H-pyrrole nitrogens is 1. The van der Waals surface area contributed by atoms with Gasteiger partial charge in [-0.25, -0.2) is 9.78 Å². The van der Waals surface area contributed by atoms with Gasteiger partial charge in [0.15, 0.2) is 0 Å². The van der Waals surface area contributed by atoms with Gasteiger partial charge < -0.3 is 10.6 Å². The third-order valence-electron chi connectivity index (χ3n) is 4.20. The van der Waals surface area contributed by atoms with Crippen molar-refractivity contribution in [1.82, 2.24) is 20.5 Å². The lowest BCUT2D eigenvalue weighted by molar-refractivity contribution is 0.251. The van der Waals surface area contributed by atoms with Crippen molar-refractivity contribution >= 4 is 23.1 Å².